The highest BCUT2D eigenvalue weighted by molar-refractivity contribution is 8.14. The van der Waals surface area contributed by atoms with E-state index in [1.165, 1.54) is 21.9 Å². The van der Waals surface area contributed by atoms with Crippen LogP contribution in [0.1, 0.15) is 12.5 Å². The Morgan fingerprint density at radius 3 is 2.65 bits per heavy atom. The SMILES string of the molecule is CCOc1ccc(C2=C[N+](c3ccccc3)=C3SCNC23)cc1. The Balaban J connectivity index is 1.70. The summed E-state index contributed by atoms with van der Waals surface area (Å²) in [6, 6.07) is 19.2. The Hall–Kier alpha value is -2.04. The van der Waals surface area contributed by atoms with Crippen molar-refractivity contribution < 1.29 is 9.31 Å². The predicted molar refractivity (Wildman–Crippen MR) is 96.3 cm³/mol. The van der Waals surface area contributed by atoms with Crippen LogP contribution in [0.15, 0.2) is 60.8 Å². The number of rotatable bonds is 4. The molecule has 1 N–H and O–H groups in total. The number of fused-ring (bicyclic) bond motifs is 1. The lowest BCUT2D eigenvalue weighted by Crippen LogP contribution is -2.27. The smallest absolute Gasteiger partial charge is 0.245 e. The molecule has 3 nitrogen and oxygen atoms in total. The second kappa shape index (κ2) is 6.22. The summed E-state index contributed by atoms with van der Waals surface area (Å²) in [5, 5.41) is 4.95. The molecule has 0 aromatic heterocycles. The second-order valence-electron chi connectivity index (χ2n) is 5.51. The van der Waals surface area contributed by atoms with E-state index in [4.69, 9.17) is 4.74 Å². The van der Waals surface area contributed by atoms with Crippen molar-refractivity contribution in [3.05, 3.63) is 66.4 Å². The molecule has 0 spiro atoms. The van der Waals surface area contributed by atoms with Gasteiger partial charge in [0, 0.05) is 12.1 Å². The van der Waals surface area contributed by atoms with Crippen molar-refractivity contribution in [2.45, 2.75) is 13.0 Å². The molecule has 0 aliphatic carbocycles. The molecule has 4 rings (SSSR count). The molecule has 1 atom stereocenters. The highest BCUT2D eigenvalue weighted by atomic mass is 32.2. The maximum Gasteiger partial charge on any atom is 0.245 e. The van der Waals surface area contributed by atoms with Gasteiger partial charge in [0.15, 0.2) is 6.20 Å². The number of hydrogen-bond donors (Lipinski definition) is 1. The lowest BCUT2D eigenvalue weighted by molar-refractivity contribution is -0.353. The standard InChI is InChI=1S/C19H19N2OS/c1-2-22-16-10-8-14(9-11-16)17-12-21(15-6-4-3-5-7-15)19-18(17)20-13-23-19/h3-12,18,20H,2,13H2,1H3/q+1. The van der Waals surface area contributed by atoms with Gasteiger partial charge in [0.05, 0.1) is 18.1 Å². The maximum atomic E-state index is 5.55. The van der Waals surface area contributed by atoms with E-state index in [0.29, 0.717) is 6.61 Å². The number of hydrogen-bond acceptors (Lipinski definition) is 3. The lowest BCUT2D eigenvalue weighted by atomic mass is 10.0. The van der Waals surface area contributed by atoms with Gasteiger partial charge in [-0.2, -0.15) is 4.58 Å². The van der Waals surface area contributed by atoms with Crippen LogP contribution in [0.2, 0.25) is 0 Å². The van der Waals surface area contributed by atoms with Crippen LogP contribution in [-0.2, 0) is 0 Å². The Labute approximate surface area is 140 Å². The zero-order valence-corrected chi connectivity index (χ0v) is 13.8. The number of ether oxygens (including phenoxy) is 1. The zero-order chi connectivity index (χ0) is 15.6. The first-order valence-electron chi connectivity index (χ1n) is 7.89. The molecule has 116 valence electrons. The van der Waals surface area contributed by atoms with Crippen LogP contribution in [0.4, 0.5) is 5.69 Å². The van der Waals surface area contributed by atoms with E-state index < -0.39 is 0 Å². The van der Waals surface area contributed by atoms with E-state index in [2.05, 4.69) is 58.6 Å². The van der Waals surface area contributed by atoms with Crippen molar-refractivity contribution in [1.29, 1.82) is 0 Å². The van der Waals surface area contributed by atoms with E-state index >= 15 is 0 Å². The van der Waals surface area contributed by atoms with Crippen molar-refractivity contribution in [3.8, 4) is 5.75 Å². The van der Waals surface area contributed by atoms with E-state index in [-0.39, 0.29) is 6.04 Å². The number of nitrogens with zero attached hydrogens (tertiary/aromatic N) is 1. The Morgan fingerprint density at radius 2 is 1.91 bits per heavy atom. The Kier molecular flexibility index (Phi) is 3.93. The molecule has 1 unspecified atom stereocenters. The molecule has 0 saturated carbocycles. The van der Waals surface area contributed by atoms with Crippen molar-refractivity contribution in [2.75, 3.05) is 12.5 Å². The van der Waals surface area contributed by atoms with Gasteiger partial charge in [-0.05, 0) is 36.4 Å². The Bertz CT molecular complexity index is 766. The molecule has 2 aliphatic heterocycles. The van der Waals surface area contributed by atoms with Gasteiger partial charge >= 0.3 is 0 Å². The highest BCUT2D eigenvalue weighted by Gasteiger charge is 2.41. The molecule has 23 heavy (non-hydrogen) atoms. The molecule has 2 aliphatic rings. The fraction of sp³-hybridized carbons (Fsp3) is 0.211. The average molecular weight is 323 g/mol. The summed E-state index contributed by atoms with van der Waals surface area (Å²) in [7, 11) is 0. The van der Waals surface area contributed by atoms with E-state index in [1.54, 1.807) is 0 Å². The van der Waals surface area contributed by atoms with Gasteiger partial charge < -0.3 is 4.74 Å². The quantitative estimate of drug-likeness (QED) is 0.865. The minimum atomic E-state index is 0.290. The number of nitrogens with one attached hydrogen (secondary N) is 1. The first-order valence-corrected chi connectivity index (χ1v) is 8.87. The molecular weight excluding hydrogens is 304 g/mol. The van der Waals surface area contributed by atoms with Crippen LogP contribution in [0, 0.1) is 0 Å². The normalized spacial score (nSPS) is 19.7. The fourth-order valence-electron chi connectivity index (χ4n) is 3.04. The maximum absolute atomic E-state index is 5.55. The van der Waals surface area contributed by atoms with Crippen molar-refractivity contribution in [1.82, 2.24) is 5.32 Å². The minimum Gasteiger partial charge on any atom is -0.494 e. The molecule has 1 saturated heterocycles. The van der Waals surface area contributed by atoms with Gasteiger partial charge in [-0.3, -0.25) is 5.32 Å². The van der Waals surface area contributed by atoms with Gasteiger partial charge in [-0.15, -0.1) is 0 Å². The van der Waals surface area contributed by atoms with Gasteiger partial charge in [0.1, 0.15) is 11.8 Å². The molecule has 2 heterocycles. The summed E-state index contributed by atoms with van der Waals surface area (Å²) in [4.78, 5) is 0. The van der Waals surface area contributed by atoms with Crippen LogP contribution >= 0.6 is 11.8 Å². The fourth-order valence-corrected chi connectivity index (χ4v) is 4.11. The molecule has 1 fully saturated rings. The van der Waals surface area contributed by atoms with Gasteiger partial charge in [0.2, 0.25) is 10.7 Å². The Morgan fingerprint density at radius 1 is 1.13 bits per heavy atom. The average Bonchev–Trinajstić information content (AvgIpc) is 3.19. The van der Waals surface area contributed by atoms with Crippen LogP contribution in [-0.4, -0.2) is 28.1 Å². The minimum absolute atomic E-state index is 0.290. The van der Waals surface area contributed by atoms with Crippen LogP contribution in [0.5, 0.6) is 5.75 Å². The third-order valence-electron chi connectivity index (χ3n) is 4.10. The van der Waals surface area contributed by atoms with Gasteiger partial charge in [0.25, 0.3) is 0 Å². The van der Waals surface area contributed by atoms with Crippen LogP contribution in [0.25, 0.3) is 5.57 Å². The number of benzene rings is 2. The zero-order valence-electron chi connectivity index (χ0n) is 13.0. The highest BCUT2D eigenvalue weighted by Crippen LogP contribution is 2.35. The summed E-state index contributed by atoms with van der Waals surface area (Å²) < 4.78 is 7.85. The molecule has 0 radical (unpaired) electrons. The van der Waals surface area contributed by atoms with Crippen LogP contribution < -0.4 is 10.1 Å². The first kappa shape index (κ1) is 14.5. The monoisotopic (exact) mass is 323 g/mol. The lowest BCUT2D eigenvalue weighted by Gasteiger charge is -2.08. The van der Waals surface area contributed by atoms with Crippen molar-refractivity contribution in [2.24, 2.45) is 0 Å². The van der Waals surface area contributed by atoms with E-state index in [1.807, 2.05) is 30.8 Å². The molecule has 2 aromatic rings. The number of para-hydroxylation sites is 1. The second-order valence-corrected chi connectivity index (χ2v) is 6.51. The van der Waals surface area contributed by atoms with E-state index in [0.717, 1.165) is 11.6 Å². The van der Waals surface area contributed by atoms with Crippen LogP contribution in [0.3, 0.4) is 0 Å². The number of thioether (sulfide) groups is 1. The summed E-state index contributed by atoms with van der Waals surface area (Å²) in [5.74, 6) is 1.88. The molecule has 2 aromatic carbocycles. The third kappa shape index (κ3) is 2.69. The summed E-state index contributed by atoms with van der Waals surface area (Å²) in [6.45, 7) is 2.70. The molecule has 4 heteroatoms. The van der Waals surface area contributed by atoms with Crippen molar-refractivity contribution >= 4 is 28.1 Å². The largest absolute Gasteiger partial charge is 0.494 e. The van der Waals surface area contributed by atoms with E-state index in [9.17, 15) is 0 Å². The van der Waals surface area contributed by atoms with Gasteiger partial charge in [-0.1, -0.05) is 30.3 Å². The molecule has 0 bridgehead atoms. The molecular formula is C19H19N2OS+. The molecule has 0 amide bonds. The van der Waals surface area contributed by atoms with Gasteiger partial charge in [-0.25, -0.2) is 0 Å². The predicted octanol–water partition coefficient (Wildman–Crippen LogP) is 3.85. The first-order chi connectivity index (χ1) is 11.4. The third-order valence-corrected chi connectivity index (χ3v) is 5.14. The summed E-state index contributed by atoms with van der Waals surface area (Å²) in [5.41, 5.74) is 3.77. The summed E-state index contributed by atoms with van der Waals surface area (Å²) in [6.07, 6.45) is 2.25. The summed E-state index contributed by atoms with van der Waals surface area (Å²) >= 11 is 1.88. The topological polar surface area (TPSA) is 24.3 Å². The van der Waals surface area contributed by atoms with Crippen molar-refractivity contribution in [3.63, 3.8) is 0 Å².